The average molecular weight is 489 g/mol. The van der Waals surface area contributed by atoms with Crippen LogP contribution in [-0.4, -0.2) is 23.8 Å². The van der Waals surface area contributed by atoms with Crippen molar-refractivity contribution in [2.75, 3.05) is 12.4 Å². The van der Waals surface area contributed by atoms with E-state index in [0.29, 0.717) is 39.9 Å². The van der Waals surface area contributed by atoms with Crippen LogP contribution in [0.15, 0.2) is 29.5 Å². The van der Waals surface area contributed by atoms with Crippen LogP contribution in [0.4, 0.5) is 5.69 Å². The van der Waals surface area contributed by atoms with Crippen LogP contribution in [-0.2, 0) is 9.59 Å². The van der Waals surface area contributed by atoms with Crippen LogP contribution in [0.3, 0.4) is 0 Å². The van der Waals surface area contributed by atoms with Gasteiger partial charge < -0.3 is 10.2 Å². The third-order valence-corrected chi connectivity index (χ3v) is 10.5. The molecular weight excluding hydrogens is 455 g/mol. The third kappa shape index (κ3) is 3.38. The number of fused-ring (bicyclic) bond motifs is 5. The zero-order valence-corrected chi connectivity index (χ0v) is 21.5. The Morgan fingerprint density at radius 2 is 1.79 bits per heavy atom. The fourth-order valence-electron chi connectivity index (χ4n) is 8.37. The molecule has 4 aliphatic rings. The molecular formula is C27H34Cl2N2O2. The monoisotopic (exact) mass is 488 g/mol. The van der Waals surface area contributed by atoms with Crippen LogP contribution in [0, 0.1) is 34.5 Å². The van der Waals surface area contributed by atoms with Crippen molar-refractivity contribution in [2.24, 2.45) is 34.5 Å². The Kier molecular flexibility index (Phi) is 5.64. The van der Waals surface area contributed by atoms with Crippen molar-refractivity contribution in [3.8, 4) is 0 Å². The van der Waals surface area contributed by atoms with Crippen molar-refractivity contribution in [3.05, 3.63) is 39.5 Å². The number of nitrogens with zero attached hydrogens (tertiary/aromatic N) is 1. The number of amides is 2. The van der Waals surface area contributed by atoms with Gasteiger partial charge in [0.2, 0.25) is 11.8 Å². The number of piperidine rings is 1. The first kappa shape index (κ1) is 23.2. The van der Waals surface area contributed by atoms with Crippen molar-refractivity contribution in [1.82, 2.24) is 4.90 Å². The quantitative estimate of drug-likeness (QED) is 0.490. The predicted octanol–water partition coefficient (Wildman–Crippen LogP) is 6.93. The van der Waals surface area contributed by atoms with E-state index in [1.165, 1.54) is 11.3 Å². The maximum absolute atomic E-state index is 13.5. The molecule has 6 atom stereocenters. The summed E-state index contributed by atoms with van der Waals surface area (Å²) in [6, 6.07) is 5.31. The molecule has 178 valence electrons. The van der Waals surface area contributed by atoms with Gasteiger partial charge in [0.1, 0.15) is 0 Å². The third-order valence-electron chi connectivity index (χ3n) is 9.84. The molecule has 1 aliphatic heterocycles. The molecule has 1 heterocycles. The molecule has 4 nitrogen and oxygen atoms in total. The second-order valence-electron chi connectivity index (χ2n) is 11.3. The largest absolute Gasteiger partial charge is 0.323 e. The molecule has 33 heavy (non-hydrogen) atoms. The second-order valence-corrected chi connectivity index (χ2v) is 12.2. The zero-order valence-electron chi connectivity index (χ0n) is 20.0. The average Bonchev–Trinajstić information content (AvgIpc) is 3.11. The van der Waals surface area contributed by atoms with Gasteiger partial charge in [-0.2, -0.15) is 0 Å². The molecule has 1 aromatic rings. The number of carbonyl (C=O) groups is 2. The molecule has 5 rings (SSSR count). The van der Waals surface area contributed by atoms with E-state index in [9.17, 15) is 9.59 Å². The Bertz CT molecular complexity index is 1030. The zero-order chi connectivity index (χ0) is 23.7. The lowest BCUT2D eigenvalue weighted by molar-refractivity contribution is -0.137. The van der Waals surface area contributed by atoms with Crippen molar-refractivity contribution >= 4 is 40.7 Å². The maximum Gasteiger partial charge on any atom is 0.228 e. The number of para-hydroxylation sites is 1. The van der Waals surface area contributed by atoms with E-state index >= 15 is 0 Å². The number of rotatable bonds is 2. The highest BCUT2D eigenvalue weighted by Crippen LogP contribution is 2.67. The van der Waals surface area contributed by atoms with Gasteiger partial charge in [-0.25, -0.2) is 0 Å². The molecule has 0 unspecified atom stereocenters. The molecule has 3 aliphatic carbocycles. The van der Waals surface area contributed by atoms with E-state index in [0.717, 1.165) is 38.5 Å². The number of halogens is 2. The number of hydrogen-bond acceptors (Lipinski definition) is 2. The molecule has 0 spiro atoms. The molecule has 0 aromatic heterocycles. The molecule has 1 saturated heterocycles. The second kappa shape index (κ2) is 8.02. The molecule has 0 radical (unpaired) electrons. The molecule has 6 heteroatoms. The van der Waals surface area contributed by atoms with Gasteiger partial charge in [0, 0.05) is 30.5 Å². The fourth-order valence-corrected chi connectivity index (χ4v) is 8.86. The first-order valence-electron chi connectivity index (χ1n) is 12.3. The number of carbonyl (C=O) groups excluding carboxylic acids is 2. The highest BCUT2D eigenvalue weighted by Gasteiger charge is 2.61. The number of benzene rings is 1. The Hall–Kier alpha value is -1.52. The van der Waals surface area contributed by atoms with Gasteiger partial charge >= 0.3 is 0 Å². The molecule has 2 amide bonds. The molecule has 1 N–H and O–H groups in total. The summed E-state index contributed by atoms with van der Waals surface area (Å²) in [5.74, 6) is 1.92. The van der Waals surface area contributed by atoms with Crippen LogP contribution in [0.2, 0.25) is 10.0 Å². The molecule has 2 saturated carbocycles. The van der Waals surface area contributed by atoms with Crippen LogP contribution in [0.5, 0.6) is 0 Å². The summed E-state index contributed by atoms with van der Waals surface area (Å²) in [6.45, 7) is 6.96. The minimum Gasteiger partial charge on any atom is -0.323 e. The SMILES string of the molecule is CC1=C2N(C)C(=O)CC[C@]2(C)[C@H]2CC[C@]3(C)[C@@H](C(=O)Nc4c(Cl)cccc4Cl)CC[C@H]3[C@@H]2C1. The van der Waals surface area contributed by atoms with E-state index in [1.54, 1.807) is 18.2 Å². The van der Waals surface area contributed by atoms with Crippen molar-refractivity contribution < 1.29 is 9.59 Å². The lowest BCUT2D eigenvalue weighted by Crippen LogP contribution is -2.54. The maximum atomic E-state index is 13.5. The molecule has 1 aromatic carbocycles. The molecule has 0 bridgehead atoms. The Labute approximate surface area is 207 Å². The van der Waals surface area contributed by atoms with Crippen LogP contribution in [0.1, 0.15) is 65.7 Å². The standard InChI is InChI=1S/C27H34Cl2N2O2/c1-15-14-16-17-8-9-19(25(33)30-23-20(28)6-5-7-21(23)29)26(17,2)12-10-18(16)27(3)13-11-22(32)31(4)24(15)27/h5-7,16-19H,8-14H2,1-4H3,(H,30,33)/t16-,17-,18-,19+,26-,27+/m0/s1. The van der Waals surface area contributed by atoms with Gasteiger partial charge in [-0.3, -0.25) is 9.59 Å². The normalized spacial score (nSPS) is 38.0. The lowest BCUT2D eigenvalue weighted by Gasteiger charge is -2.59. The van der Waals surface area contributed by atoms with Crippen molar-refractivity contribution in [2.45, 2.75) is 65.7 Å². The Balaban J connectivity index is 1.43. The van der Waals surface area contributed by atoms with Gasteiger partial charge in [0.05, 0.1) is 15.7 Å². The summed E-state index contributed by atoms with van der Waals surface area (Å²) < 4.78 is 0. The van der Waals surface area contributed by atoms with E-state index in [1.807, 2.05) is 11.9 Å². The number of hydrogen-bond donors (Lipinski definition) is 1. The number of likely N-dealkylation sites (tertiary alicyclic amines) is 1. The Morgan fingerprint density at radius 3 is 2.48 bits per heavy atom. The van der Waals surface area contributed by atoms with Gasteiger partial charge in [0.25, 0.3) is 0 Å². The molecule has 3 fully saturated rings. The van der Waals surface area contributed by atoms with E-state index in [2.05, 4.69) is 26.1 Å². The van der Waals surface area contributed by atoms with Gasteiger partial charge in [-0.15, -0.1) is 0 Å². The Morgan fingerprint density at radius 1 is 1.09 bits per heavy atom. The summed E-state index contributed by atoms with van der Waals surface area (Å²) >= 11 is 12.7. The summed E-state index contributed by atoms with van der Waals surface area (Å²) in [5.41, 5.74) is 3.21. The number of nitrogens with one attached hydrogen (secondary N) is 1. The van der Waals surface area contributed by atoms with Crippen LogP contribution >= 0.6 is 23.2 Å². The topological polar surface area (TPSA) is 49.4 Å². The summed E-state index contributed by atoms with van der Waals surface area (Å²) in [7, 11) is 1.96. The lowest BCUT2D eigenvalue weighted by atomic mass is 9.48. The van der Waals surface area contributed by atoms with Crippen molar-refractivity contribution in [3.63, 3.8) is 0 Å². The number of anilines is 1. The van der Waals surface area contributed by atoms with Gasteiger partial charge in [-0.05, 0) is 80.8 Å². The minimum absolute atomic E-state index is 0.0243. The number of allylic oxidation sites excluding steroid dienone is 2. The van der Waals surface area contributed by atoms with Crippen LogP contribution in [0.25, 0.3) is 0 Å². The van der Waals surface area contributed by atoms with Gasteiger partial charge in [-0.1, -0.05) is 48.7 Å². The summed E-state index contributed by atoms with van der Waals surface area (Å²) in [5, 5.41) is 4.02. The van der Waals surface area contributed by atoms with E-state index < -0.39 is 0 Å². The van der Waals surface area contributed by atoms with Crippen molar-refractivity contribution in [1.29, 1.82) is 0 Å². The highest BCUT2D eigenvalue weighted by atomic mass is 35.5. The predicted molar refractivity (Wildman–Crippen MR) is 133 cm³/mol. The highest BCUT2D eigenvalue weighted by molar-refractivity contribution is 6.39. The minimum atomic E-state index is -0.0371. The first-order valence-corrected chi connectivity index (χ1v) is 13.0. The smallest absolute Gasteiger partial charge is 0.228 e. The van der Waals surface area contributed by atoms with Gasteiger partial charge in [0.15, 0.2) is 0 Å². The summed E-state index contributed by atoms with van der Waals surface area (Å²) in [6.07, 6.45) is 6.78. The fraction of sp³-hybridized carbons (Fsp3) is 0.630. The van der Waals surface area contributed by atoms with Crippen LogP contribution < -0.4 is 5.32 Å². The first-order chi connectivity index (χ1) is 15.6. The van der Waals surface area contributed by atoms with E-state index in [-0.39, 0.29) is 28.6 Å². The van der Waals surface area contributed by atoms with E-state index in [4.69, 9.17) is 23.2 Å². The summed E-state index contributed by atoms with van der Waals surface area (Å²) in [4.78, 5) is 27.9.